The number of hydrogen-bond acceptors (Lipinski definition) is 12. The van der Waals surface area contributed by atoms with Crippen LogP contribution in [0.1, 0.15) is 39.2 Å². The van der Waals surface area contributed by atoms with Crippen LogP contribution in [0.2, 0.25) is 0 Å². The number of amides is 2. The highest BCUT2D eigenvalue weighted by atomic mass is 32.3. The van der Waals surface area contributed by atoms with Gasteiger partial charge in [-0.2, -0.15) is 8.42 Å². The number of methoxy groups -OCH3 is 1. The molecule has 0 bridgehead atoms. The molecule has 234 valence electrons. The lowest BCUT2D eigenvalue weighted by molar-refractivity contribution is -0.156. The van der Waals surface area contributed by atoms with Gasteiger partial charge in [-0.3, -0.25) is 18.9 Å². The summed E-state index contributed by atoms with van der Waals surface area (Å²) in [6, 6.07) is 5.39. The zero-order valence-electron chi connectivity index (χ0n) is 23.6. The van der Waals surface area contributed by atoms with Gasteiger partial charge < -0.3 is 34.7 Å². The molecule has 42 heavy (non-hydrogen) atoms. The van der Waals surface area contributed by atoms with E-state index in [2.05, 4.69) is 19.6 Å². The van der Waals surface area contributed by atoms with E-state index in [0.717, 1.165) is 7.11 Å². The predicted octanol–water partition coefficient (Wildman–Crippen LogP) is -0.146. The summed E-state index contributed by atoms with van der Waals surface area (Å²) < 4.78 is 52.1. The molecule has 2 aromatic rings. The van der Waals surface area contributed by atoms with E-state index in [9.17, 15) is 42.4 Å². The second kappa shape index (κ2) is 15.6. The molecule has 0 fully saturated rings. The first-order valence-corrected chi connectivity index (χ1v) is 14.3. The van der Waals surface area contributed by atoms with E-state index in [0.29, 0.717) is 36.9 Å². The summed E-state index contributed by atoms with van der Waals surface area (Å²) in [4.78, 5) is 47.3. The zero-order valence-corrected chi connectivity index (χ0v) is 24.4. The molecule has 0 saturated heterocycles. The molecular formula is C26H36N2O13S. The number of aliphatic hydroxyl groups excluding tert-OH is 2. The summed E-state index contributed by atoms with van der Waals surface area (Å²) in [6.07, 6.45) is -5.96. The van der Waals surface area contributed by atoms with Crippen LogP contribution in [0.3, 0.4) is 0 Å². The minimum absolute atomic E-state index is 0.0190. The molecule has 1 aromatic heterocycles. The van der Waals surface area contributed by atoms with E-state index < -0.39 is 52.3 Å². The van der Waals surface area contributed by atoms with Crippen LogP contribution in [-0.2, 0) is 40.1 Å². The van der Waals surface area contributed by atoms with Gasteiger partial charge in [0.05, 0.1) is 25.6 Å². The van der Waals surface area contributed by atoms with Gasteiger partial charge in [0.25, 0.3) is 0 Å². The molecule has 0 aliphatic carbocycles. The van der Waals surface area contributed by atoms with E-state index in [1.165, 1.54) is 45.0 Å². The number of ether oxygens (including phenoxy) is 2. The molecule has 2 rings (SSSR count). The molecule has 0 radical (unpaired) electrons. The quantitative estimate of drug-likeness (QED) is 0.0716. The van der Waals surface area contributed by atoms with Crippen molar-refractivity contribution in [2.75, 3.05) is 20.2 Å². The van der Waals surface area contributed by atoms with Crippen molar-refractivity contribution >= 4 is 39.2 Å². The highest BCUT2D eigenvalue weighted by molar-refractivity contribution is 7.80. The summed E-state index contributed by atoms with van der Waals surface area (Å²) in [5.74, 6) is -2.64. The monoisotopic (exact) mass is 616 g/mol. The molecule has 15 nitrogen and oxygen atoms in total. The molecular weight excluding hydrogens is 580 g/mol. The van der Waals surface area contributed by atoms with Crippen LogP contribution in [0, 0.1) is 5.92 Å². The van der Waals surface area contributed by atoms with Crippen molar-refractivity contribution in [1.29, 1.82) is 0 Å². The maximum atomic E-state index is 12.4. The Labute approximate surface area is 242 Å². The lowest BCUT2D eigenvalue weighted by Crippen LogP contribution is -2.51. The molecule has 5 unspecified atom stereocenters. The topological polar surface area (TPSA) is 228 Å². The molecule has 0 spiro atoms. The molecule has 2 amide bonds. The summed E-state index contributed by atoms with van der Waals surface area (Å²) >= 11 is 0. The van der Waals surface area contributed by atoms with Gasteiger partial charge in [0.2, 0.25) is 11.8 Å². The first kappa shape index (κ1) is 34.6. The molecule has 1 heterocycles. The first-order valence-electron chi connectivity index (χ1n) is 13.0. The minimum Gasteiger partial charge on any atom is -0.488 e. The molecule has 5 atom stereocenters. The third kappa shape index (κ3) is 10.7. The fraction of sp³-hybridized carbons (Fsp3) is 0.538. The Morgan fingerprint density at radius 3 is 2.26 bits per heavy atom. The summed E-state index contributed by atoms with van der Waals surface area (Å²) in [5, 5.41) is 26.8. The minimum atomic E-state index is -5.14. The van der Waals surface area contributed by atoms with Gasteiger partial charge in [0.1, 0.15) is 29.6 Å². The van der Waals surface area contributed by atoms with Crippen LogP contribution in [0.25, 0.3) is 11.0 Å². The van der Waals surface area contributed by atoms with Crippen LogP contribution in [0.5, 0.6) is 5.75 Å². The SMILES string of the molecule is COC(=O)C(C)C(O)C(O)C(OS(=O)(=O)O)C(C)Oc1ccc2c(CC(=O)NCCCCNC(C)=O)cc(=O)oc2c1. The third-order valence-corrected chi connectivity index (χ3v) is 6.71. The number of aliphatic hydroxyl groups is 2. The Morgan fingerprint density at radius 1 is 1.02 bits per heavy atom. The number of benzene rings is 1. The summed E-state index contributed by atoms with van der Waals surface area (Å²) in [6.45, 7) is 4.78. The second-order valence-electron chi connectivity index (χ2n) is 9.57. The summed E-state index contributed by atoms with van der Waals surface area (Å²) in [7, 11) is -4.09. The number of fused-ring (bicyclic) bond motifs is 1. The van der Waals surface area contributed by atoms with Gasteiger partial charge in [0, 0.05) is 37.5 Å². The van der Waals surface area contributed by atoms with Crippen LogP contribution in [0.15, 0.2) is 33.5 Å². The van der Waals surface area contributed by atoms with Crippen LogP contribution >= 0.6 is 0 Å². The Bertz CT molecular complexity index is 1410. The predicted molar refractivity (Wildman–Crippen MR) is 147 cm³/mol. The number of unbranched alkanes of at least 4 members (excludes halogenated alkanes) is 1. The molecule has 0 aliphatic rings. The lowest BCUT2D eigenvalue weighted by atomic mass is 9.94. The number of hydrogen-bond donors (Lipinski definition) is 5. The van der Waals surface area contributed by atoms with Crippen LogP contribution in [-0.4, -0.2) is 85.6 Å². The number of carbonyl (C=O) groups excluding carboxylic acids is 3. The van der Waals surface area contributed by atoms with Gasteiger partial charge >= 0.3 is 22.0 Å². The second-order valence-corrected chi connectivity index (χ2v) is 10.6. The summed E-state index contributed by atoms with van der Waals surface area (Å²) in [5.41, 5.74) is -0.328. The maximum Gasteiger partial charge on any atom is 0.397 e. The maximum absolute atomic E-state index is 12.4. The Balaban J connectivity index is 2.19. The first-order chi connectivity index (χ1) is 19.6. The van der Waals surface area contributed by atoms with E-state index in [4.69, 9.17) is 9.15 Å². The number of rotatable bonds is 16. The molecule has 0 aliphatic heterocycles. The molecule has 16 heteroatoms. The van der Waals surface area contributed by atoms with Crippen molar-refractivity contribution in [3.05, 3.63) is 40.2 Å². The van der Waals surface area contributed by atoms with Crippen LogP contribution in [0.4, 0.5) is 0 Å². The number of nitrogens with one attached hydrogen (secondary N) is 2. The Hall–Kier alpha value is -3.57. The molecule has 5 N–H and O–H groups in total. The average molecular weight is 617 g/mol. The number of carbonyl (C=O) groups is 3. The smallest absolute Gasteiger partial charge is 0.397 e. The highest BCUT2D eigenvalue weighted by Crippen LogP contribution is 2.26. The largest absolute Gasteiger partial charge is 0.488 e. The standard InChI is InChI=1S/C26H36N2O13S/c1-14(26(34)38-4)23(32)24(33)25(41-42(35,36)37)15(2)39-18-7-8-19-17(12-22(31)40-20(19)13-18)11-21(30)28-10-6-5-9-27-16(3)29/h7-8,12-15,23-25,32-33H,5-6,9-11H2,1-4H3,(H,27,29)(H,28,30)(H,35,36,37). The molecule has 1 aromatic carbocycles. The van der Waals surface area contributed by atoms with Crippen molar-refractivity contribution in [3.8, 4) is 5.75 Å². The van der Waals surface area contributed by atoms with Gasteiger partial charge in [-0.15, -0.1) is 0 Å². The van der Waals surface area contributed by atoms with Crippen molar-refractivity contribution in [1.82, 2.24) is 10.6 Å². The van der Waals surface area contributed by atoms with Gasteiger partial charge in [-0.1, -0.05) is 0 Å². The average Bonchev–Trinajstić information content (AvgIpc) is 2.90. The zero-order chi connectivity index (χ0) is 31.6. The van der Waals surface area contributed by atoms with Crippen molar-refractivity contribution in [3.63, 3.8) is 0 Å². The van der Waals surface area contributed by atoms with E-state index >= 15 is 0 Å². The third-order valence-electron chi connectivity index (χ3n) is 6.24. The van der Waals surface area contributed by atoms with Gasteiger partial charge in [0.15, 0.2) is 0 Å². The lowest BCUT2D eigenvalue weighted by Gasteiger charge is -2.31. The number of esters is 1. The molecule has 0 saturated carbocycles. The van der Waals surface area contributed by atoms with E-state index in [1.807, 2.05) is 0 Å². The fourth-order valence-electron chi connectivity index (χ4n) is 4.06. The Kier molecular flexibility index (Phi) is 12.9. The normalized spacial score (nSPS) is 15.2. The van der Waals surface area contributed by atoms with Crippen molar-refractivity contribution < 1.29 is 55.6 Å². The van der Waals surface area contributed by atoms with Gasteiger partial charge in [-0.05, 0) is 44.4 Å². The van der Waals surface area contributed by atoms with E-state index in [-0.39, 0.29) is 29.6 Å². The fourth-order valence-corrected chi connectivity index (χ4v) is 4.61. The van der Waals surface area contributed by atoms with Gasteiger partial charge in [-0.25, -0.2) is 8.98 Å². The van der Waals surface area contributed by atoms with Crippen molar-refractivity contribution in [2.24, 2.45) is 5.92 Å². The van der Waals surface area contributed by atoms with Crippen LogP contribution < -0.4 is 21.0 Å². The Morgan fingerprint density at radius 2 is 1.67 bits per heavy atom. The van der Waals surface area contributed by atoms with Crippen molar-refractivity contribution in [2.45, 2.75) is 64.4 Å². The highest BCUT2D eigenvalue weighted by Gasteiger charge is 2.40. The van der Waals surface area contributed by atoms with E-state index in [1.54, 1.807) is 0 Å².